The molecule has 3 aliphatic rings. The molecule has 2 aromatic carbocycles. The van der Waals surface area contributed by atoms with Crippen LogP contribution in [0.4, 0.5) is 0 Å². The molecule has 0 aromatic heterocycles. The van der Waals surface area contributed by atoms with Crippen molar-refractivity contribution in [2.75, 3.05) is 19.7 Å². The van der Waals surface area contributed by atoms with Gasteiger partial charge in [-0.1, -0.05) is 54.3 Å². The number of fused-ring (bicyclic) bond motifs is 1. The number of aliphatic hydroxyl groups is 1. The summed E-state index contributed by atoms with van der Waals surface area (Å²) in [6.45, 7) is -0.0806. The number of hydrogen-bond acceptors (Lipinski definition) is 4. The summed E-state index contributed by atoms with van der Waals surface area (Å²) >= 11 is 0. The summed E-state index contributed by atoms with van der Waals surface area (Å²) in [5, 5.41) is 9.95. The molecule has 2 aliphatic heterocycles. The molecule has 1 amide bonds. The lowest BCUT2D eigenvalue weighted by Crippen LogP contribution is -2.73. The van der Waals surface area contributed by atoms with Crippen molar-refractivity contribution in [2.24, 2.45) is 5.92 Å². The monoisotopic (exact) mass is 450 g/mol. The van der Waals surface area contributed by atoms with Gasteiger partial charge in [0, 0.05) is 23.9 Å². The maximum absolute atomic E-state index is 13.0. The van der Waals surface area contributed by atoms with Crippen LogP contribution in [0.1, 0.15) is 35.4 Å². The number of benzene rings is 2. The van der Waals surface area contributed by atoms with E-state index in [1.54, 1.807) is 29.2 Å². The normalized spacial score (nSPS) is 25.5. The first-order chi connectivity index (χ1) is 15.5. The molecule has 2 aromatic rings. The topological polar surface area (TPSA) is 77.9 Å². The molecule has 7 heteroatoms. The molecule has 0 spiro atoms. The third-order valence-electron chi connectivity index (χ3n) is 6.60. The average Bonchev–Trinajstić information content (AvgIpc) is 3.59. The van der Waals surface area contributed by atoms with Gasteiger partial charge in [-0.25, -0.2) is 8.42 Å². The van der Waals surface area contributed by atoms with E-state index in [4.69, 9.17) is 0 Å². The van der Waals surface area contributed by atoms with E-state index >= 15 is 0 Å². The van der Waals surface area contributed by atoms with Gasteiger partial charge in [0.15, 0.2) is 0 Å². The van der Waals surface area contributed by atoms with Crippen LogP contribution in [0, 0.1) is 17.8 Å². The number of amides is 1. The van der Waals surface area contributed by atoms with Gasteiger partial charge in [0.1, 0.15) is 0 Å². The minimum Gasteiger partial charge on any atom is -0.394 e. The first-order valence-corrected chi connectivity index (χ1v) is 12.6. The standard InChI is InChI=1S/C25H26N2O4S/c28-16-23-25(21-12-10-19(11-13-21)9-8-18-6-7-18)22-14-26(15-24(29)27(22)23)32(30,31)17-20-4-2-1-3-5-20/h1-5,10-13,18,22-23,25,28H,6-7,14-17H2/t22-,23-,25-/m1/s1. The number of rotatable bonds is 5. The predicted molar refractivity (Wildman–Crippen MR) is 121 cm³/mol. The molecule has 1 N–H and O–H groups in total. The van der Waals surface area contributed by atoms with Gasteiger partial charge in [-0.05, 0) is 36.1 Å². The summed E-state index contributed by atoms with van der Waals surface area (Å²) in [5.74, 6) is 6.49. The van der Waals surface area contributed by atoms with E-state index in [-0.39, 0.29) is 49.4 Å². The zero-order chi connectivity index (χ0) is 22.3. The molecule has 0 radical (unpaired) electrons. The minimum absolute atomic E-state index is 0.107. The fourth-order valence-electron chi connectivity index (χ4n) is 4.76. The van der Waals surface area contributed by atoms with Crippen LogP contribution in [-0.2, 0) is 20.6 Å². The van der Waals surface area contributed by atoms with Crippen LogP contribution in [0.5, 0.6) is 0 Å². The van der Waals surface area contributed by atoms with Crippen molar-refractivity contribution in [3.05, 3.63) is 71.3 Å². The fourth-order valence-corrected chi connectivity index (χ4v) is 6.24. The highest BCUT2D eigenvalue weighted by molar-refractivity contribution is 7.88. The highest BCUT2D eigenvalue weighted by Gasteiger charge is 2.55. The Morgan fingerprint density at radius 3 is 2.41 bits per heavy atom. The Morgan fingerprint density at radius 1 is 1.03 bits per heavy atom. The second-order valence-electron chi connectivity index (χ2n) is 8.84. The molecule has 2 heterocycles. The van der Waals surface area contributed by atoms with Crippen LogP contribution in [0.3, 0.4) is 0 Å². The molecule has 32 heavy (non-hydrogen) atoms. The van der Waals surface area contributed by atoms with Crippen LogP contribution in [0.2, 0.25) is 0 Å². The van der Waals surface area contributed by atoms with E-state index in [1.807, 2.05) is 30.3 Å². The molecule has 3 fully saturated rings. The average molecular weight is 451 g/mol. The Hall–Kier alpha value is -2.66. The van der Waals surface area contributed by atoms with Crippen molar-refractivity contribution in [3.63, 3.8) is 0 Å². The van der Waals surface area contributed by atoms with E-state index in [0.29, 0.717) is 11.5 Å². The number of carbonyl (C=O) groups excluding carboxylic acids is 1. The van der Waals surface area contributed by atoms with E-state index in [1.165, 1.54) is 17.1 Å². The lowest BCUT2D eigenvalue weighted by atomic mass is 9.74. The molecule has 166 valence electrons. The van der Waals surface area contributed by atoms with Crippen LogP contribution in [-0.4, -0.2) is 60.4 Å². The van der Waals surface area contributed by atoms with Gasteiger partial charge in [-0.2, -0.15) is 4.31 Å². The highest BCUT2D eigenvalue weighted by atomic mass is 32.2. The lowest BCUT2D eigenvalue weighted by Gasteiger charge is -2.58. The van der Waals surface area contributed by atoms with Crippen molar-refractivity contribution in [1.82, 2.24) is 9.21 Å². The lowest BCUT2D eigenvalue weighted by molar-refractivity contribution is -0.158. The molecule has 5 rings (SSSR count). The van der Waals surface area contributed by atoms with Gasteiger partial charge in [0.2, 0.25) is 15.9 Å². The second kappa shape index (κ2) is 8.36. The van der Waals surface area contributed by atoms with Gasteiger partial charge in [-0.3, -0.25) is 4.79 Å². The van der Waals surface area contributed by atoms with Crippen LogP contribution < -0.4 is 0 Å². The molecular weight excluding hydrogens is 424 g/mol. The maximum atomic E-state index is 13.0. The quantitative estimate of drug-likeness (QED) is 0.707. The molecule has 1 saturated carbocycles. The summed E-state index contributed by atoms with van der Waals surface area (Å²) < 4.78 is 27.4. The van der Waals surface area contributed by atoms with Crippen molar-refractivity contribution in [2.45, 2.75) is 36.6 Å². The number of carbonyl (C=O) groups is 1. The van der Waals surface area contributed by atoms with Crippen LogP contribution in [0.25, 0.3) is 0 Å². The van der Waals surface area contributed by atoms with Crippen molar-refractivity contribution in [1.29, 1.82) is 0 Å². The van der Waals surface area contributed by atoms with Gasteiger partial charge in [0.25, 0.3) is 0 Å². The molecule has 0 unspecified atom stereocenters. The number of piperazine rings is 1. The summed E-state index contributed by atoms with van der Waals surface area (Å²) in [4.78, 5) is 14.5. The summed E-state index contributed by atoms with van der Waals surface area (Å²) in [7, 11) is -3.63. The number of aliphatic hydroxyl groups excluding tert-OH is 1. The molecule has 6 nitrogen and oxygen atoms in total. The second-order valence-corrected chi connectivity index (χ2v) is 10.8. The van der Waals surface area contributed by atoms with Gasteiger partial charge in [-0.15, -0.1) is 0 Å². The Labute approximate surface area is 188 Å². The Morgan fingerprint density at radius 2 is 1.75 bits per heavy atom. The van der Waals surface area contributed by atoms with Crippen molar-refractivity contribution in [3.8, 4) is 11.8 Å². The minimum atomic E-state index is -3.63. The zero-order valence-corrected chi connectivity index (χ0v) is 18.5. The van der Waals surface area contributed by atoms with Gasteiger partial charge >= 0.3 is 0 Å². The largest absolute Gasteiger partial charge is 0.394 e. The first-order valence-electron chi connectivity index (χ1n) is 11.0. The van der Waals surface area contributed by atoms with Gasteiger partial charge < -0.3 is 10.0 Å². The van der Waals surface area contributed by atoms with Gasteiger partial charge in [0.05, 0.1) is 31.0 Å². The van der Waals surface area contributed by atoms with E-state index in [2.05, 4.69) is 11.8 Å². The Kier molecular flexibility index (Phi) is 5.54. The summed E-state index contributed by atoms with van der Waals surface area (Å²) in [5.41, 5.74) is 2.64. The van der Waals surface area contributed by atoms with Crippen LogP contribution in [0.15, 0.2) is 54.6 Å². The SMILES string of the molecule is O=C1CN(S(=O)(=O)Cc2ccccc2)C[C@@H]2[C@@H](c3ccc(C#CC4CC4)cc3)[C@@H](CO)N12. The highest BCUT2D eigenvalue weighted by Crippen LogP contribution is 2.43. The molecular formula is C25H26N2O4S. The predicted octanol–water partition coefficient (Wildman–Crippen LogP) is 1.95. The third-order valence-corrected chi connectivity index (χ3v) is 8.36. The van der Waals surface area contributed by atoms with E-state index in [9.17, 15) is 18.3 Å². The number of hydrogen-bond donors (Lipinski definition) is 1. The fraction of sp³-hybridized carbons (Fsp3) is 0.400. The number of nitrogens with zero attached hydrogens (tertiary/aromatic N) is 2. The van der Waals surface area contributed by atoms with Crippen molar-refractivity contribution < 1.29 is 18.3 Å². The smallest absolute Gasteiger partial charge is 0.238 e. The third kappa shape index (κ3) is 4.06. The summed E-state index contributed by atoms with van der Waals surface area (Å²) in [6, 6.07) is 16.3. The van der Waals surface area contributed by atoms with E-state index in [0.717, 1.165) is 11.1 Å². The maximum Gasteiger partial charge on any atom is 0.238 e. The molecule has 0 bridgehead atoms. The molecule has 1 aliphatic carbocycles. The Bertz CT molecular complexity index is 1160. The van der Waals surface area contributed by atoms with Crippen LogP contribution >= 0.6 is 0 Å². The molecule has 3 atom stereocenters. The zero-order valence-electron chi connectivity index (χ0n) is 17.7. The van der Waals surface area contributed by atoms with E-state index < -0.39 is 10.0 Å². The Balaban J connectivity index is 1.35. The molecule has 2 saturated heterocycles. The first kappa shape index (κ1) is 21.2. The number of sulfonamides is 1. The van der Waals surface area contributed by atoms with Crippen molar-refractivity contribution >= 4 is 15.9 Å². The summed E-state index contributed by atoms with van der Waals surface area (Å²) in [6.07, 6.45) is 2.36.